The third-order valence-corrected chi connectivity index (χ3v) is 5.96. The zero-order valence-electron chi connectivity index (χ0n) is 11.7. The Morgan fingerprint density at radius 1 is 1.32 bits per heavy atom. The summed E-state index contributed by atoms with van der Waals surface area (Å²) in [4.78, 5) is 0.332. The van der Waals surface area contributed by atoms with Crippen molar-refractivity contribution in [1.29, 1.82) is 0 Å². The summed E-state index contributed by atoms with van der Waals surface area (Å²) in [6.07, 6.45) is 3.42. The first-order valence-electron chi connectivity index (χ1n) is 6.71. The first kappa shape index (κ1) is 14.3. The van der Waals surface area contributed by atoms with Crippen molar-refractivity contribution in [3.8, 4) is 0 Å². The van der Waals surface area contributed by atoms with E-state index in [1.54, 1.807) is 26.0 Å². The van der Waals surface area contributed by atoms with Crippen molar-refractivity contribution in [3.63, 3.8) is 0 Å². The number of sulfonamides is 1. The Kier molecular flexibility index (Phi) is 3.87. The van der Waals surface area contributed by atoms with Crippen LogP contribution >= 0.6 is 0 Å². The molecule has 1 aromatic rings. The van der Waals surface area contributed by atoms with Crippen LogP contribution in [0.4, 0.5) is 5.69 Å². The molecule has 0 radical (unpaired) electrons. The molecule has 1 aromatic carbocycles. The van der Waals surface area contributed by atoms with E-state index in [0.717, 1.165) is 18.4 Å². The average Bonchev–Trinajstić information content (AvgIpc) is 2.20. The summed E-state index contributed by atoms with van der Waals surface area (Å²) in [5, 5.41) is 0. The van der Waals surface area contributed by atoms with Crippen LogP contribution < -0.4 is 10.5 Å². The molecular weight excluding hydrogens is 260 g/mol. The molecule has 1 saturated carbocycles. The minimum absolute atomic E-state index is 0.0148. The average molecular weight is 282 g/mol. The van der Waals surface area contributed by atoms with E-state index >= 15 is 0 Å². The Labute approximate surface area is 115 Å². The second-order valence-corrected chi connectivity index (χ2v) is 7.18. The lowest BCUT2D eigenvalue weighted by atomic mass is 9.81. The lowest BCUT2D eigenvalue weighted by Crippen LogP contribution is -2.41. The number of aryl methyl sites for hydroxylation is 1. The molecule has 0 bridgehead atoms. The van der Waals surface area contributed by atoms with Gasteiger partial charge in [0, 0.05) is 11.7 Å². The van der Waals surface area contributed by atoms with Gasteiger partial charge in [-0.25, -0.2) is 13.1 Å². The highest BCUT2D eigenvalue weighted by molar-refractivity contribution is 7.89. The number of hydrogen-bond acceptors (Lipinski definition) is 3. The number of anilines is 1. The molecule has 5 heteroatoms. The highest BCUT2D eigenvalue weighted by Gasteiger charge is 2.29. The number of nitrogens with two attached hydrogens (primary N) is 1. The Balaban J connectivity index is 2.31. The number of rotatable bonds is 4. The molecule has 3 N–H and O–H groups in total. The molecule has 1 fully saturated rings. The Bertz CT molecular complexity index is 577. The van der Waals surface area contributed by atoms with Gasteiger partial charge in [-0.15, -0.1) is 0 Å². The molecule has 2 rings (SSSR count). The van der Waals surface area contributed by atoms with Crippen molar-refractivity contribution >= 4 is 15.7 Å². The summed E-state index contributed by atoms with van der Waals surface area (Å²) in [6.45, 7) is 5.50. The third kappa shape index (κ3) is 2.77. The lowest BCUT2D eigenvalue weighted by Gasteiger charge is -2.32. The summed E-state index contributed by atoms with van der Waals surface area (Å²) in [5.41, 5.74) is 7.71. The quantitative estimate of drug-likeness (QED) is 0.833. The lowest BCUT2D eigenvalue weighted by molar-refractivity contribution is 0.260. The molecule has 106 valence electrons. The van der Waals surface area contributed by atoms with Gasteiger partial charge in [0.2, 0.25) is 10.0 Å². The van der Waals surface area contributed by atoms with Crippen LogP contribution in [0.1, 0.15) is 37.3 Å². The standard InChI is InChI=1S/C14H22N2O2S/c1-9-7-8-13(15)10(2)14(9)19(17,18)16-11(3)12-5-4-6-12/h7-8,11-12,16H,4-6,15H2,1-3H3. The predicted octanol–water partition coefficient (Wildman–Crippen LogP) is 2.35. The van der Waals surface area contributed by atoms with Gasteiger partial charge < -0.3 is 5.73 Å². The molecule has 19 heavy (non-hydrogen) atoms. The van der Waals surface area contributed by atoms with E-state index in [9.17, 15) is 8.42 Å². The number of nitrogens with one attached hydrogen (secondary N) is 1. The van der Waals surface area contributed by atoms with Gasteiger partial charge in [0.05, 0.1) is 4.90 Å². The monoisotopic (exact) mass is 282 g/mol. The van der Waals surface area contributed by atoms with E-state index in [0.29, 0.717) is 22.1 Å². The first-order chi connectivity index (χ1) is 8.83. The van der Waals surface area contributed by atoms with Crippen molar-refractivity contribution < 1.29 is 8.42 Å². The SMILES string of the molecule is Cc1ccc(N)c(C)c1S(=O)(=O)NC(C)C1CCC1. The second-order valence-electron chi connectivity index (χ2n) is 5.53. The Hall–Kier alpha value is -1.07. The normalized spacial score (nSPS) is 18.1. The largest absolute Gasteiger partial charge is 0.398 e. The molecule has 1 unspecified atom stereocenters. The third-order valence-electron chi connectivity index (χ3n) is 4.11. The molecule has 1 aliphatic rings. The van der Waals surface area contributed by atoms with Crippen LogP contribution in [-0.2, 0) is 10.0 Å². The van der Waals surface area contributed by atoms with Gasteiger partial charge in [0.1, 0.15) is 0 Å². The maximum atomic E-state index is 12.5. The van der Waals surface area contributed by atoms with Crippen LogP contribution in [0, 0.1) is 19.8 Å². The van der Waals surface area contributed by atoms with E-state index in [2.05, 4.69) is 4.72 Å². The zero-order valence-corrected chi connectivity index (χ0v) is 12.5. The fourth-order valence-electron chi connectivity index (χ4n) is 2.60. The molecular formula is C14H22N2O2S. The van der Waals surface area contributed by atoms with Crippen molar-refractivity contribution in [2.75, 3.05) is 5.73 Å². The van der Waals surface area contributed by atoms with Crippen molar-refractivity contribution in [3.05, 3.63) is 23.3 Å². The molecule has 4 nitrogen and oxygen atoms in total. The second kappa shape index (κ2) is 5.13. The van der Waals surface area contributed by atoms with E-state index in [4.69, 9.17) is 5.73 Å². The predicted molar refractivity (Wildman–Crippen MR) is 77.5 cm³/mol. The van der Waals surface area contributed by atoms with Crippen molar-refractivity contribution in [2.24, 2.45) is 5.92 Å². The van der Waals surface area contributed by atoms with E-state index in [1.165, 1.54) is 6.42 Å². The summed E-state index contributed by atoms with van der Waals surface area (Å²) >= 11 is 0. The number of benzene rings is 1. The minimum Gasteiger partial charge on any atom is -0.398 e. The fourth-order valence-corrected chi connectivity index (χ4v) is 4.41. The maximum absolute atomic E-state index is 12.5. The van der Waals surface area contributed by atoms with Crippen LogP contribution in [0.2, 0.25) is 0 Å². The molecule has 0 heterocycles. The number of hydrogen-bond donors (Lipinski definition) is 2. The highest BCUT2D eigenvalue weighted by Crippen LogP contribution is 2.31. The zero-order chi connectivity index (χ0) is 14.2. The van der Waals surface area contributed by atoms with Gasteiger partial charge in [-0.05, 0) is 56.7 Å². The topological polar surface area (TPSA) is 72.2 Å². The molecule has 0 amide bonds. The smallest absolute Gasteiger partial charge is 0.241 e. The van der Waals surface area contributed by atoms with Crippen molar-refractivity contribution in [1.82, 2.24) is 4.72 Å². The first-order valence-corrected chi connectivity index (χ1v) is 8.19. The van der Waals surface area contributed by atoms with Gasteiger partial charge in [0.25, 0.3) is 0 Å². The van der Waals surface area contributed by atoms with E-state index in [-0.39, 0.29) is 6.04 Å². The van der Waals surface area contributed by atoms with E-state index < -0.39 is 10.0 Å². The molecule has 0 aliphatic heterocycles. The van der Waals surface area contributed by atoms with Crippen LogP contribution in [0.25, 0.3) is 0 Å². The molecule has 1 aliphatic carbocycles. The summed E-state index contributed by atoms with van der Waals surface area (Å²) in [6, 6.07) is 3.49. The Morgan fingerprint density at radius 2 is 1.95 bits per heavy atom. The fraction of sp³-hybridized carbons (Fsp3) is 0.571. The molecule has 0 spiro atoms. The van der Waals surface area contributed by atoms with E-state index in [1.807, 2.05) is 6.92 Å². The summed E-state index contributed by atoms with van der Waals surface area (Å²) in [7, 11) is -3.49. The molecule has 0 saturated heterocycles. The number of nitrogen functional groups attached to an aromatic ring is 1. The van der Waals surface area contributed by atoms with Crippen LogP contribution in [0.5, 0.6) is 0 Å². The van der Waals surface area contributed by atoms with Crippen molar-refractivity contribution in [2.45, 2.75) is 51.0 Å². The van der Waals surface area contributed by atoms with Gasteiger partial charge in [-0.1, -0.05) is 12.5 Å². The van der Waals surface area contributed by atoms with Gasteiger partial charge in [0.15, 0.2) is 0 Å². The van der Waals surface area contributed by atoms with Crippen LogP contribution in [0.3, 0.4) is 0 Å². The van der Waals surface area contributed by atoms with Crippen LogP contribution in [0.15, 0.2) is 17.0 Å². The van der Waals surface area contributed by atoms with Gasteiger partial charge >= 0.3 is 0 Å². The minimum atomic E-state index is -3.49. The highest BCUT2D eigenvalue weighted by atomic mass is 32.2. The van der Waals surface area contributed by atoms with Gasteiger partial charge in [-0.2, -0.15) is 0 Å². The molecule has 1 atom stereocenters. The van der Waals surface area contributed by atoms with Gasteiger partial charge in [-0.3, -0.25) is 0 Å². The summed E-state index contributed by atoms with van der Waals surface area (Å²) in [5.74, 6) is 0.469. The summed E-state index contributed by atoms with van der Waals surface area (Å²) < 4.78 is 27.8. The Morgan fingerprint density at radius 3 is 2.47 bits per heavy atom. The van der Waals surface area contributed by atoms with Crippen LogP contribution in [-0.4, -0.2) is 14.5 Å². The maximum Gasteiger partial charge on any atom is 0.241 e. The molecule has 0 aromatic heterocycles.